The zero-order valence-electron chi connectivity index (χ0n) is 21.4. The van der Waals surface area contributed by atoms with Crippen molar-refractivity contribution in [3.63, 3.8) is 0 Å². The highest BCUT2D eigenvalue weighted by molar-refractivity contribution is 6.04. The molecule has 0 spiro atoms. The molecule has 0 fully saturated rings. The van der Waals surface area contributed by atoms with Gasteiger partial charge in [-0.05, 0) is 48.4 Å². The van der Waals surface area contributed by atoms with Gasteiger partial charge in [-0.3, -0.25) is 4.98 Å². The van der Waals surface area contributed by atoms with Crippen molar-refractivity contribution in [2.75, 3.05) is 16.4 Å². The Morgan fingerprint density at radius 1 is 0.950 bits per heavy atom. The average molecular weight is 540 g/mol. The van der Waals surface area contributed by atoms with Crippen LogP contribution in [0.4, 0.5) is 41.9 Å². The van der Waals surface area contributed by atoms with Gasteiger partial charge < -0.3 is 16.4 Å². The van der Waals surface area contributed by atoms with E-state index in [0.717, 1.165) is 40.2 Å². The lowest BCUT2D eigenvalue weighted by atomic mass is 9.96. The first-order valence-electron chi connectivity index (χ1n) is 12.6. The van der Waals surface area contributed by atoms with Gasteiger partial charge in [0.25, 0.3) is 0 Å². The van der Waals surface area contributed by atoms with Gasteiger partial charge in [-0.2, -0.15) is 13.2 Å². The first-order valence-corrected chi connectivity index (χ1v) is 12.6. The Balaban J connectivity index is 1.35. The van der Waals surface area contributed by atoms with E-state index in [1.165, 1.54) is 18.6 Å². The number of nitrogens with one attached hydrogen (secondary N) is 2. The minimum atomic E-state index is -4.44. The second-order valence-corrected chi connectivity index (χ2v) is 9.62. The van der Waals surface area contributed by atoms with E-state index in [2.05, 4.69) is 25.6 Å². The van der Waals surface area contributed by atoms with Gasteiger partial charge in [0.15, 0.2) is 11.6 Å². The SMILES string of the molecule is Cc1ccc(C2=Nc3c(N)ncnc3NC(c3cccc(Nc4ccnc5cc(C(F)(F)F)ccc45)c3)C2)cc1. The number of halogens is 3. The fraction of sp³-hybridized carbons (Fsp3) is 0.133. The number of aromatic nitrogens is 3. The normalized spacial score (nSPS) is 15.1. The smallest absolute Gasteiger partial charge is 0.382 e. The Morgan fingerprint density at radius 2 is 1.77 bits per heavy atom. The monoisotopic (exact) mass is 539 g/mol. The molecular weight excluding hydrogens is 515 g/mol. The number of aryl methyl sites for hydroxylation is 1. The third-order valence-corrected chi connectivity index (χ3v) is 6.83. The Morgan fingerprint density at radius 3 is 2.58 bits per heavy atom. The molecule has 3 aromatic carbocycles. The predicted molar refractivity (Wildman–Crippen MR) is 151 cm³/mol. The van der Waals surface area contributed by atoms with Crippen LogP contribution in [0.15, 0.2) is 90.3 Å². The van der Waals surface area contributed by atoms with Crippen LogP contribution in [-0.2, 0) is 6.18 Å². The molecule has 3 heterocycles. The predicted octanol–water partition coefficient (Wildman–Crippen LogP) is 7.36. The molecule has 0 amide bonds. The molecule has 5 aromatic rings. The number of anilines is 4. The van der Waals surface area contributed by atoms with Crippen LogP contribution in [0.2, 0.25) is 0 Å². The van der Waals surface area contributed by atoms with E-state index in [-0.39, 0.29) is 17.4 Å². The minimum Gasteiger partial charge on any atom is -0.382 e. The number of hydrogen-bond donors (Lipinski definition) is 3. The van der Waals surface area contributed by atoms with Gasteiger partial charge >= 0.3 is 6.18 Å². The van der Waals surface area contributed by atoms with Crippen LogP contribution in [0.3, 0.4) is 0 Å². The van der Waals surface area contributed by atoms with Crippen molar-refractivity contribution < 1.29 is 13.2 Å². The van der Waals surface area contributed by atoms with Crippen LogP contribution in [0, 0.1) is 6.92 Å². The molecule has 4 N–H and O–H groups in total. The lowest BCUT2D eigenvalue weighted by molar-refractivity contribution is -0.137. The molecule has 10 heteroatoms. The van der Waals surface area contributed by atoms with Gasteiger partial charge in [0.05, 0.1) is 22.8 Å². The largest absolute Gasteiger partial charge is 0.416 e. The number of nitrogens with two attached hydrogens (primary N) is 1. The maximum absolute atomic E-state index is 13.2. The number of nitrogen functional groups attached to an aromatic ring is 1. The van der Waals surface area contributed by atoms with Gasteiger partial charge in [0.2, 0.25) is 0 Å². The molecule has 7 nitrogen and oxygen atoms in total. The Kier molecular flexibility index (Phi) is 6.30. The summed E-state index contributed by atoms with van der Waals surface area (Å²) in [6.45, 7) is 2.03. The summed E-state index contributed by atoms with van der Waals surface area (Å²) >= 11 is 0. The number of aliphatic imine (C=N–C) groups is 1. The van der Waals surface area contributed by atoms with Crippen LogP contribution in [0.5, 0.6) is 0 Å². The maximum Gasteiger partial charge on any atom is 0.416 e. The molecule has 40 heavy (non-hydrogen) atoms. The molecule has 0 radical (unpaired) electrons. The first kappa shape index (κ1) is 25.3. The zero-order chi connectivity index (χ0) is 27.9. The molecule has 0 saturated carbocycles. The number of fused-ring (bicyclic) bond motifs is 2. The van der Waals surface area contributed by atoms with E-state index >= 15 is 0 Å². The number of rotatable bonds is 4. The highest BCUT2D eigenvalue weighted by atomic mass is 19.4. The minimum absolute atomic E-state index is 0.194. The lowest BCUT2D eigenvalue weighted by Gasteiger charge is -2.20. The molecule has 2 aromatic heterocycles. The van der Waals surface area contributed by atoms with Crippen molar-refractivity contribution in [2.45, 2.75) is 25.6 Å². The second kappa shape index (κ2) is 9.96. The molecule has 1 atom stereocenters. The molecule has 1 aliphatic heterocycles. The summed E-state index contributed by atoms with van der Waals surface area (Å²) in [6, 6.07) is 21.1. The molecule has 1 aliphatic rings. The van der Waals surface area contributed by atoms with Crippen molar-refractivity contribution in [1.82, 2.24) is 15.0 Å². The topological polar surface area (TPSA) is 101 Å². The van der Waals surface area contributed by atoms with Crippen molar-refractivity contribution in [3.05, 3.63) is 108 Å². The average Bonchev–Trinajstić information content (AvgIpc) is 3.14. The van der Waals surface area contributed by atoms with Crippen molar-refractivity contribution >= 4 is 45.3 Å². The van der Waals surface area contributed by atoms with E-state index in [1.807, 2.05) is 55.5 Å². The van der Waals surface area contributed by atoms with Crippen LogP contribution >= 0.6 is 0 Å². The lowest BCUT2D eigenvalue weighted by Crippen LogP contribution is -2.15. The zero-order valence-corrected chi connectivity index (χ0v) is 21.4. The number of alkyl halides is 3. The van der Waals surface area contributed by atoms with Crippen LogP contribution in [-0.4, -0.2) is 20.7 Å². The van der Waals surface area contributed by atoms with Gasteiger partial charge in [0.1, 0.15) is 12.0 Å². The van der Waals surface area contributed by atoms with Crippen molar-refractivity contribution in [2.24, 2.45) is 4.99 Å². The molecular formula is C30H24F3N7. The summed E-state index contributed by atoms with van der Waals surface area (Å²) in [5.41, 5.74) is 11.5. The van der Waals surface area contributed by atoms with Crippen molar-refractivity contribution in [3.8, 4) is 0 Å². The summed E-state index contributed by atoms with van der Waals surface area (Å²) in [6.07, 6.45) is -0.983. The number of hydrogen-bond acceptors (Lipinski definition) is 7. The first-order chi connectivity index (χ1) is 19.2. The fourth-order valence-corrected chi connectivity index (χ4v) is 4.75. The Hall–Kier alpha value is -4.99. The van der Waals surface area contributed by atoms with Crippen LogP contribution in [0.25, 0.3) is 10.9 Å². The third kappa shape index (κ3) is 5.03. The number of benzene rings is 3. The van der Waals surface area contributed by atoms with E-state index in [4.69, 9.17) is 10.7 Å². The van der Waals surface area contributed by atoms with E-state index < -0.39 is 11.7 Å². The van der Waals surface area contributed by atoms with Gasteiger partial charge in [0, 0.05) is 29.4 Å². The second-order valence-electron chi connectivity index (χ2n) is 9.62. The molecule has 1 unspecified atom stereocenters. The van der Waals surface area contributed by atoms with E-state index in [9.17, 15) is 13.2 Å². The molecule has 200 valence electrons. The summed E-state index contributed by atoms with van der Waals surface area (Å²) in [4.78, 5) is 17.5. The van der Waals surface area contributed by atoms with Gasteiger partial charge in [-0.15, -0.1) is 0 Å². The Bertz CT molecular complexity index is 1750. The number of pyridine rings is 1. The maximum atomic E-state index is 13.2. The summed E-state index contributed by atoms with van der Waals surface area (Å²) in [5, 5.41) is 7.42. The Labute approximate surface area is 228 Å². The third-order valence-electron chi connectivity index (χ3n) is 6.83. The summed E-state index contributed by atoms with van der Waals surface area (Å²) < 4.78 is 39.6. The molecule has 0 aliphatic carbocycles. The quantitative estimate of drug-likeness (QED) is 0.221. The number of nitrogens with zero attached hydrogens (tertiary/aromatic N) is 4. The fourth-order valence-electron chi connectivity index (χ4n) is 4.75. The van der Waals surface area contributed by atoms with Crippen LogP contribution in [0.1, 0.15) is 34.7 Å². The van der Waals surface area contributed by atoms with Gasteiger partial charge in [-0.25, -0.2) is 15.0 Å². The molecule has 0 bridgehead atoms. The molecule has 6 rings (SSSR count). The standard InChI is InChI=1S/C30H24F3N7/c1-17-5-7-18(8-6-17)24-15-25(40-29-27(39-24)28(34)36-16-37-29)19-3-2-4-21(13-19)38-23-11-12-35-26-14-20(30(31,32)33)9-10-22(23)26/h2-14,16,25H,15H2,1H3,(H,35,38)(H3,34,36,37,40). The summed E-state index contributed by atoms with van der Waals surface area (Å²) in [7, 11) is 0. The molecule has 0 saturated heterocycles. The van der Waals surface area contributed by atoms with E-state index in [0.29, 0.717) is 29.0 Å². The van der Waals surface area contributed by atoms with Gasteiger partial charge in [-0.1, -0.05) is 48.0 Å². The van der Waals surface area contributed by atoms with Crippen LogP contribution < -0.4 is 16.4 Å². The highest BCUT2D eigenvalue weighted by Gasteiger charge is 2.30. The summed E-state index contributed by atoms with van der Waals surface area (Å²) in [5.74, 6) is 0.829. The van der Waals surface area contributed by atoms with E-state index in [1.54, 1.807) is 6.07 Å². The van der Waals surface area contributed by atoms with Crippen molar-refractivity contribution in [1.29, 1.82) is 0 Å². The highest BCUT2D eigenvalue weighted by Crippen LogP contribution is 2.38.